The van der Waals surface area contributed by atoms with Crippen LogP contribution in [-0.4, -0.2) is 30.0 Å². The van der Waals surface area contributed by atoms with E-state index in [0.29, 0.717) is 0 Å². The average Bonchev–Trinajstić information content (AvgIpc) is 2.85. The summed E-state index contributed by atoms with van der Waals surface area (Å²) in [6.07, 6.45) is 5.15. The fraction of sp³-hybridized carbons (Fsp3) is 0.185. The summed E-state index contributed by atoms with van der Waals surface area (Å²) in [7, 11) is 0. The highest BCUT2D eigenvalue weighted by Crippen LogP contribution is 2.21. The number of rotatable bonds is 11. The summed E-state index contributed by atoms with van der Waals surface area (Å²) >= 11 is 1.48. The Morgan fingerprint density at radius 1 is 0.879 bits per heavy atom. The lowest BCUT2D eigenvalue weighted by atomic mass is 10.0. The molecule has 0 aliphatic heterocycles. The number of nitrogens with one attached hydrogen (secondary N) is 3. The third-order valence-corrected chi connectivity index (χ3v) is 6.11. The van der Waals surface area contributed by atoms with Crippen LogP contribution < -0.4 is 15.4 Å². The molecule has 0 saturated heterocycles. The molecule has 0 spiro atoms. The summed E-state index contributed by atoms with van der Waals surface area (Å²) in [5.74, 6) is -0.00636. The summed E-state index contributed by atoms with van der Waals surface area (Å²) in [5.41, 5.74) is 2.24. The van der Waals surface area contributed by atoms with Crippen LogP contribution in [-0.2, 0) is 11.2 Å². The fourth-order valence-electron chi connectivity index (χ4n) is 3.68. The van der Waals surface area contributed by atoms with E-state index >= 15 is 0 Å². The third-order valence-electron chi connectivity index (χ3n) is 5.34. The van der Waals surface area contributed by atoms with Crippen LogP contribution in [0.2, 0.25) is 0 Å². The van der Waals surface area contributed by atoms with Gasteiger partial charge in [-0.05, 0) is 65.4 Å². The first-order chi connectivity index (χ1) is 16.3. The van der Waals surface area contributed by atoms with Crippen molar-refractivity contribution in [3.8, 4) is 0 Å². The zero-order valence-corrected chi connectivity index (χ0v) is 19.2. The number of aromatic nitrogens is 1. The van der Waals surface area contributed by atoms with Gasteiger partial charge in [0.15, 0.2) is 0 Å². The highest BCUT2D eigenvalue weighted by molar-refractivity contribution is 7.97. The minimum absolute atomic E-state index is 0.00636. The Hall–Kier alpha value is -3.35. The molecule has 1 heterocycles. The molecule has 4 aromatic rings. The molecule has 0 unspecified atom stereocenters. The summed E-state index contributed by atoms with van der Waals surface area (Å²) in [4.78, 5) is 17.8. The van der Waals surface area contributed by atoms with Crippen LogP contribution in [0.15, 0.2) is 102 Å². The van der Waals surface area contributed by atoms with Crippen LogP contribution in [0.4, 0.5) is 5.69 Å². The van der Waals surface area contributed by atoms with Crippen molar-refractivity contribution in [1.29, 1.82) is 0 Å². The molecule has 0 radical (unpaired) electrons. The van der Waals surface area contributed by atoms with Crippen molar-refractivity contribution in [2.45, 2.75) is 23.8 Å². The summed E-state index contributed by atoms with van der Waals surface area (Å²) in [6, 6.07) is 28.8. The van der Waals surface area contributed by atoms with Crippen LogP contribution in [0.1, 0.15) is 12.0 Å². The van der Waals surface area contributed by atoms with Crippen molar-refractivity contribution in [3.05, 3.63) is 103 Å². The lowest BCUT2D eigenvalue weighted by Gasteiger charge is -2.20. The van der Waals surface area contributed by atoms with Gasteiger partial charge in [-0.1, -0.05) is 60.7 Å². The lowest BCUT2D eigenvalue weighted by molar-refractivity contribution is -0.120. The molecular weight excluding hydrogens is 428 g/mol. The molecule has 3 N–H and O–H groups in total. The first-order valence-electron chi connectivity index (χ1n) is 11.1. The van der Waals surface area contributed by atoms with Crippen LogP contribution in [0, 0.1) is 0 Å². The second kappa shape index (κ2) is 12.0. The Balaban J connectivity index is 1.28. The van der Waals surface area contributed by atoms with Gasteiger partial charge < -0.3 is 10.6 Å². The van der Waals surface area contributed by atoms with Gasteiger partial charge in [-0.25, -0.2) is 0 Å². The molecule has 6 heteroatoms. The molecule has 3 aromatic carbocycles. The number of anilines is 1. The number of hydrogen-bond donors (Lipinski definition) is 3. The van der Waals surface area contributed by atoms with Gasteiger partial charge in [0.05, 0.1) is 6.54 Å². The first-order valence-corrected chi connectivity index (χ1v) is 11.9. The molecule has 1 atom stereocenters. The third kappa shape index (κ3) is 7.34. The predicted octanol–water partition coefficient (Wildman–Crippen LogP) is 5.06. The molecule has 0 bridgehead atoms. The molecular formula is C27H28N4OS. The van der Waals surface area contributed by atoms with Crippen molar-refractivity contribution in [2.24, 2.45) is 0 Å². The number of nitrogens with zero attached hydrogens (tertiary/aromatic N) is 1. The molecule has 0 saturated carbocycles. The standard InChI is InChI=1S/C27H28N4OS/c32-27(20-30-33-26-11-10-22-8-4-5-9-23(22)19-26)31-25(18-21-6-2-1-3-7-21)14-17-29-24-12-15-28-16-13-24/h1-13,15-16,19,25,30H,14,17-18,20H2,(H,28,29)(H,31,32)/t25-/m1/s1. The molecule has 33 heavy (non-hydrogen) atoms. The maximum Gasteiger partial charge on any atom is 0.235 e. The predicted molar refractivity (Wildman–Crippen MR) is 137 cm³/mol. The minimum atomic E-state index is -0.00636. The van der Waals surface area contributed by atoms with E-state index in [1.165, 1.54) is 28.3 Å². The van der Waals surface area contributed by atoms with Crippen molar-refractivity contribution in [1.82, 2.24) is 15.0 Å². The summed E-state index contributed by atoms with van der Waals surface area (Å²) in [5, 5.41) is 9.01. The van der Waals surface area contributed by atoms with Gasteiger partial charge in [-0.15, -0.1) is 0 Å². The largest absolute Gasteiger partial charge is 0.385 e. The summed E-state index contributed by atoms with van der Waals surface area (Å²) < 4.78 is 3.20. The summed E-state index contributed by atoms with van der Waals surface area (Å²) in [6.45, 7) is 1.02. The number of hydrogen-bond acceptors (Lipinski definition) is 5. The number of pyridine rings is 1. The van der Waals surface area contributed by atoms with Crippen molar-refractivity contribution < 1.29 is 4.79 Å². The number of carbonyl (C=O) groups is 1. The number of amides is 1. The van der Waals surface area contributed by atoms with Gasteiger partial charge in [0.1, 0.15) is 0 Å². The van der Waals surface area contributed by atoms with Gasteiger partial charge in [-0.2, -0.15) is 0 Å². The van der Waals surface area contributed by atoms with Gasteiger partial charge in [-0.3, -0.25) is 14.5 Å². The van der Waals surface area contributed by atoms with Gasteiger partial charge in [0, 0.05) is 35.6 Å². The lowest BCUT2D eigenvalue weighted by Crippen LogP contribution is -2.41. The number of benzene rings is 3. The Bertz CT molecular complexity index is 1150. The maximum atomic E-state index is 12.7. The molecule has 5 nitrogen and oxygen atoms in total. The van der Waals surface area contributed by atoms with Crippen LogP contribution in [0.25, 0.3) is 10.8 Å². The Morgan fingerprint density at radius 3 is 2.45 bits per heavy atom. The molecule has 1 aromatic heterocycles. The second-order valence-electron chi connectivity index (χ2n) is 7.84. The quantitative estimate of drug-likeness (QED) is 0.275. The van der Waals surface area contributed by atoms with E-state index in [9.17, 15) is 4.79 Å². The van der Waals surface area contributed by atoms with E-state index < -0.39 is 0 Å². The van der Waals surface area contributed by atoms with E-state index in [0.717, 1.165) is 30.0 Å². The van der Waals surface area contributed by atoms with Crippen LogP contribution in [0.5, 0.6) is 0 Å². The van der Waals surface area contributed by atoms with E-state index in [-0.39, 0.29) is 18.5 Å². The van der Waals surface area contributed by atoms with Crippen molar-refractivity contribution in [2.75, 3.05) is 18.4 Å². The van der Waals surface area contributed by atoms with Gasteiger partial charge >= 0.3 is 0 Å². The molecule has 4 rings (SSSR count). The highest BCUT2D eigenvalue weighted by Gasteiger charge is 2.13. The van der Waals surface area contributed by atoms with Gasteiger partial charge in [0.25, 0.3) is 0 Å². The molecule has 0 aliphatic rings. The fourth-order valence-corrected chi connectivity index (χ4v) is 4.37. The molecule has 0 fully saturated rings. The zero-order valence-electron chi connectivity index (χ0n) is 18.4. The average molecular weight is 457 g/mol. The van der Waals surface area contributed by atoms with E-state index in [1.54, 1.807) is 12.4 Å². The van der Waals surface area contributed by atoms with E-state index in [2.05, 4.69) is 62.8 Å². The number of carbonyl (C=O) groups excluding carboxylic acids is 1. The Morgan fingerprint density at radius 2 is 1.64 bits per heavy atom. The van der Waals surface area contributed by atoms with E-state index in [4.69, 9.17) is 0 Å². The normalized spacial score (nSPS) is 11.8. The molecule has 1 amide bonds. The van der Waals surface area contributed by atoms with Crippen LogP contribution >= 0.6 is 11.9 Å². The van der Waals surface area contributed by atoms with E-state index in [1.807, 2.05) is 42.5 Å². The number of fused-ring (bicyclic) bond motifs is 1. The smallest absolute Gasteiger partial charge is 0.235 e. The molecule has 168 valence electrons. The monoisotopic (exact) mass is 456 g/mol. The minimum Gasteiger partial charge on any atom is -0.385 e. The van der Waals surface area contributed by atoms with Crippen molar-refractivity contribution in [3.63, 3.8) is 0 Å². The van der Waals surface area contributed by atoms with Crippen LogP contribution in [0.3, 0.4) is 0 Å². The first kappa shape index (κ1) is 22.8. The SMILES string of the molecule is O=C(CNSc1ccc2ccccc2c1)N[C@H](CCNc1ccncc1)Cc1ccccc1. The molecule has 0 aliphatic carbocycles. The highest BCUT2D eigenvalue weighted by atomic mass is 32.2. The Kier molecular flexibility index (Phi) is 8.33. The van der Waals surface area contributed by atoms with Crippen molar-refractivity contribution >= 4 is 34.3 Å². The topological polar surface area (TPSA) is 66.1 Å². The van der Waals surface area contributed by atoms with Gasteiger partial charge in [0.2, 0.25) is 5.91 Å². The Labute approximate surface area is 199 Å². The zero-order chi connectivity index (χ0) is 22.7. The second-order valence-corrected chi connectivity index (χ2v) is 8.80. The maximum absolute atomic E-state index is 12.7.